The van der Waals surface area contributed by atoms with Gasteiger partial charge in [0, 0.05) is 5.39 Å². The fourth-order valence-corrected chi connectivity index (χ4v) is 2.11. The van der Waals surface area contributed by atoms with Crippen LogP contribution in [0.2, 0.25) is 0 Å². The molecule has 0 saturated carbocycles. The van der Waals surface area contributed by atoms with Crippen molar-refractivity contribution < 1.29 is 0 Å². The van der Waals surface area contributed by atoms with Crippen LogP contribution in [0.4, 0.5) is 0 Å². The number of nitrogens with zero attached hydrogens (tertiary/aromatic N) is 1. The molecule has 0 radical (unpaired) electrons. The van der Waals surface area contributed by atoms with E-state index < -0.39 is 0 Å². The van der Waals surface area contributed by atoms with Crippen LogP contribution in [0.3, 0.4) is 0 Å². The minimum absolute atomic E-state index is 0.142. The van der Waals surface area contributed by atoms with Gasteiger partial charge in [-0.1, -0.05) is 30.3 Å². The van der Waals surface area contributed by atoms with Crippen molar-refractivity contribution in [3.63, 3.8) is 0 Å². The fourth-order valence-electron chi connectivity index (χ4n) is 1.98. The molecule has 0 atom stereocenters. The normalized spacial score (nSPS) is 11.1. The molecule has 1 heterocycles. The highest BCUT2D eigenvalue weighted by Crippen LogP contribution is 2.21. The van der Waals surface area contributed by atoms with Gasteiger partial charge in [0.2, 0.25) is 0 Å². The van der Waals surface area contributed by atoms with Crippen LogP contribution in [-0.4, -0.2) is 9.97 Å². The van der Waals surface area contributed by atoms with Gasteiger partial charge in [-0.05, 0) is 11.5 Å². The lowest BCUT2D eigenvalue weighted by molar-refractivity contribution is 1.04. The predicted molar refractivity (Wildman–Crippen MR) is 69.4 cm³/mol. The number of halogens is 1. The van der Waals surface area contributed by atoms with Crippen LogP contribution in [0.25, 0.3) is 21.7 Å². The molecule has 1 N–H and O–H groups in total. The Hall–Kier alpha value is -1.87. The summed E-state index contributed by atoms with van der Waals surface area (Å²) in [6.45, 7) is 0. The molecule has 1 aromatic heterocycles. The third-order valence-corrected chi connectivity index (χ3v) is 3.03. The summed E-state index contributed by atoms with van der Waals surface area (Å²) in [6.07, 6.45) is 0. The van der Waals surface area contributed by atoms with Gasteiger partial charge >= 0.3 is 0 Å². The van der Waals surface area contributed by atoms with Crippen molar-refractivity contribution in [1.82, 2.24) is 9.97 Å². The van der Waals surface area contributed by atoms with Gasteiger partial charge in [-0.15, -0.1) is 11.6 Å². The van der Waals surface area contributed by atoms with Crippen LogP contribution in [-0.2, 0) is 5.88 Å². The number of aromatic nitrogens is 2. The maximum atomic E-state index is 11.8. The maximum absolute atomic E-state index is 11.8. The molecule has 0 saturated heterocycles. The summed E-state index contributed by atoms with van der Waals surface area (Å²) < 4.78 is 0. The van der Waals surface area contributed by atoms with E-state index in [2.05, 4.69) is 9.97 Å². The highest BCUT2D eigenvalue weighted by Gasteiger charge is 2.06. The Balaban J connectivity index is 2.56. The van der Waals surface area contributed by atoms with E-state index >= 15 is 0 Å². The lowest BCUT2D eigenvalue weighted by Gasteiger charge is -2.03. The van der Waals surface area contributed by atoms with Crippen molar-refractivity contribution in [3.05, 3.63) is 52.6 Å². The van der Waals surface area contributed by atoms with Crippen LogP contribution in [0.15, 0.2) is 41.2 Å². The van der Waals surface area contributed by atoms with Gasteiger partial charge in [0.25, 0.3) is 5.56 Å². The first kappa shape index (κ1) is 10.3. The monoisotopic (exact) mass is 244 g/mol. The maximum Gasteiger partial charge on any atom is 0.258 e. The number of aromatic amines is 1. The molecule has 0 fully saturated rings. The van der Waals surface area contributed by atoms with E-state index in [-0.39, 0.29) is 11.4 Å². The highest BCUT2D eigenvalue weighted by atomic mass is 35.5. The number of H-pyrrole nitrogens is 1. The zero-order valence-electron chi connectivity index (χ0n) is 8.90. The molecule has 3 nitrogen and oxygen atoms in total. The van der Waals surface area contributed by atoms with Crippen LogP contribution < -0.4 is 5.56 Å². The summed E-state index contributed by atoms with van der Waals surface area (Å²) >= 11 is 5.72. The third kappa shape index (κ3) is 1.59. The SMILES string of the molecule is O=c1[nH]c(CCl)nc2c1ccc1ccccc12. The van der Waals surface area contributed by atoms with Crippen LogP contribution >= 0.6 is 11.6 Å². The topological polar surface area (TPSA) is 45.8 Å². The van der Waals surface area contributed by atoms with Crippen molar-refractivity contribution in [3.8, 4) is 0 Å². The van der Waals surface area contributed by atoms with Crippen molar-refractivity contribution in [2.75, 3.05) is 0 Å². The second-order valence-electron chi connectivity index (χ2n) is 3.83. The molecule has 3 aromatic rings. The van der Waals surface area contributed by atoms with Crippen molar-refractivity contribution >= 4 is 33.3 Å². The molecule has 0 bridgehead atoms. The molecule has 0 aliphatic carbocycles. The predicted octanol–water partition coefficient (Wildman–Crippen LogP) is 2.82. The molecule has 0 amide bonds. The standard InChI is InChI=1S/C13H9ClN2O/c14-7-11-15-12-9-4-2-1-3-8(9)5-6-10(12)13(17)16-11/h1-6H,7H2,(H,15,16,17). The number of benzene rings is 2. The Morgan fingerprint density at radius 1 is 1.12 bits per heavy atom. The number of alkyl halides is 1. The van der Waals surface area contributed by atoms with E-state index in [1.54, 1.807) is 6.07 Å². The first-order valence-electron chi connectivity index (χ1n) is 5.26. The van der Waals surface area contributed by atoms with E-state index in [1.165, 1.54) is 0 Å². The van der Waals surface area contributed by atoms with Crippen molar-refractivity contribution in [2.24, 2.45) is 0 Å². The third-order valence-electron chi connectivity index (χ3n) is 2.78. The number of fused-ring (bicyclic) bond motifs is 3. The Morgan fingerprint density at radius 2 is 1.94 bits per heavy atom. The Bertz CT molecular complexity index is 764. The fraction of sp³-hybridized carbons (Fsp3) is 0.0769. The van der Waals surface area contributed by atoms with Crippen molar-refractivity contribution in [1.29, 1.82) is 0 Å². The molecule has 84 valence electrons. The lowest BCUT2D eigenvalue weighted by Crippen LogP contribution is -2.11. The zero-order chi connectivity index (χ0) is 11.8. The molecule has 17 heavy (non-hydrogen) atoms. The quantitative estimate of drug-likeness (QED) is 0.529. The first-order valence-corrected chi connectivity index (χ1v) is 5.79. The highest BCUT2D eigenvalue weighted by molar-refractivity contribution is 6.16. The summed E-state index contributed by atoms with van der Waals surface area (Å²) in [7, 11) is 0. The molecule has 0 spiro atoms. The summed E-state index contributed by atoms with van der Waals surface area (Å²) in [5.41, 5.74) is 0.568. The molecule has 2 aromatic carbocycles. The largest absolute Gasteiger partial charge is 0.309 e. The van der Waals surface area contributed by atoms with E-state index in [0.717, 1.165) is 10.8 Å². The molecular formula is C13H9ClN2O. The zero-order valence-corrected chi connectivity index (χ0v) is 9.66. The second-order valence-corrected chi connectivity index (χ2v) is 4.10. The van der Waals surface area contributed by atoms with Crippen LogP contribution in [0.5, 0.6) is 0 Å². The molecular weight excluding hydrogens is 236 g/mol. The van der Waals surface area contributed by atoms with Gasteiger partial charge in [-0.25, -0.2) is 4.98 Å². The number of rotatable bonds is 1. The lowest BCUT2D eigenvalue weighted by atomic mass is 10.1. The summed E-state index contributed by atoms with van der Waals surface area (Å²) in [5, 5.41) is 2.64. The Morgan fingerprint density at radius 3 is 2.76 bits per heavy atom. The van der Waals surface area contributed by atoms with Crippen molar-refractivity contribution in [2.45, 2.75) is 5.88 Å². The molecule has 0 aliphatic rings. The number of hydrogen-bond donors (Lipinski definition) is 1. The molecule has 0 unspecified atom stereocenters. The van der Waals surface area contributed by atoms with Gasteiger partial charge in [-0.3, -0.25) is 4.79 Å². The number of hydrogen-bond acceptors (Lipinski definition) is 2. The summed E-state index contributed by atoms with van der Waals surface area (Å²) in [6, 6.07) is 11.6. The Labute approximate surface area is 102 Å². The van der Waals surface area contributed by atoms with E-state index in [4.69, 9.17) is 11.6 Å². The molecule has 3 rings (SSSR count). The van der Waals surface area contributed by atoms with Crippen LogP contribution in [0, 0.1) is 0 Å². The van der Waals surface area contributed by atoms with Gasteiger partial charge in [-0.2, -0.15) is 0 Å². The summed E-state index contributed by atoms with van der Waals surface area (Å²) in [4.78, 5) is 18.9. The van der Waals surface area contributed by atoms with E-state index in [9.17, 15) is 4.79 Å². The minimum Gasteiger partial charge on any atom is -0.309 e. The minimum atomic E-state index is -0.142. The van der Waals surface area contributed by atoms with Gasteiger partial charge < -0.3 is 4.98 Å². The van der Waals surface area contributed by atoms with E-state index in [0.29, 0.717) is 16.7 Å². The van der Waals surface area contributed by atoms with Gasteiger partial charge in [0.1, 0.15) is 5.82 Å². The smallest absolute Gasteiger partial charge is 0.258 e. The van der Waals surface area contributed by atoms with Gasteiger partial charge in [0.15, 0.2) is 0 Å². The average Bonchev–Trinajstić information content (AvgIpc) is 2.38. The van der Waals surface area contributed by atoms with E-state index in [1.807, 2.05) is 30.3 Å². The Kier molecular flexibility index (Phi) is 2.34. The first-order chi connectivity index (χ1) is 8.29. The number of nitrogens with one attached hydrogen (secondary N) is 1. The molecule has 0 aliphatic heterocycles. The molecule has 4 heteroatoms. The van der Waals surface area contributed by atoms with Crippen LogP contribution in [0.1, 0.15) is 5.82 Å². The summed E-state index contributed by atoms with van der Waals surface area (Å²) in [5.74, 6) is 0.703. The average molecular weight is 245 g/mol. The van der Waals surface area contributed by atoms with Gasteiger partial charge in [0.05, 0.1) is 16.8 Å². The second kappa shape index (κ2) is 3.86.